The Hall–Kier alpha value is -4.72. The van der Waals surface area contributed by atoms with Gasteiger partial charge in [0.1, 0.15) is 0 Å². The summed E-state index contributed by atoms with van der Waals surface area (Å²) in [5, 5.41) is 42.1. The summed E-state index contributed by atoms with van der Waals surface area (Å²) in [5.41, 5.74) is -2.26. The van der Waals surface area contributed by atoms with Crippen molar-refractivity contribution in [1.29, 1.82) is 0 Å². The molecule has 0 saturated carbocycles. The smallest absolute Gasteiger partial charge is 0.337 e. The van der Waals surface area contributed by atoms with E-state index in [1.807, 2.05) is 0 Å². The number of benzene rings is 5. The Kier molecular flexibility index (Phi) is 3.84. The molecule has 156 valence electrons. The first kappa shape index (κ1) is 19.3. The van der Waals surface area contributed by atoms with Crippen molar-refractivity contribution in [3.8, 4) is 0 Å². The lowest BCUT2D eigenvalue weighted by Gasteiger charge is -2.19. The highest BCUT2D eigenvalue weighted by Crippen LogP contribution is 2.44. The summed E-state index contributed by atoms with van der Waals surface area (Å²) >= 11 is 0. The topological polar surface area (TPSA) is 149 Å². The van der Waals surface area contributed by atoms with E-state index in [0.29, 0.717) is 21.5 Å². The van der Waals surface area contributed by atoms with Gasteiger partial charge in [-0.05, 0) is 49.8 Å². The fourth-order valence-electron chi connectivity index (χ4n) is 4.66. The fourth-order valence-corrected chi connectivity index (χ4v) is 4.66. The van der Waals surface area contributed by atoms with E-state index in [0.717, 1.165) is 0 Å². The highest BCUT2D eigenvalue weighted by Gasteiger charge is 2.31. The first-order valence-electron chi connectivity index (χ1n) is 9.35. The predicted octanol–water partition coefficient (Wildman–Crippen LogP) is 4.53. The summed E-state index contributed by atoms with van der Waals surface area (Å²) < 4.78 is 0. The summed E-state index contributed by atoms with van der Waals surface area (Å²) in [5.74, 6) is -6.13. The molecule has 32 heavy (non-hydrogen) atoms. The van der Waals surface area contributed by atoms with Gasteiger partial charge >= 0.3 is 23.9 Å². The van der Waals surface area contributed by atoms with Crippen molar-refractivity contribution >= 4 is 67.0 Å². The van der Waals surface area contributed by atoms with E-state index >= 15 is 0 Å². The van der Waals surface area contributed by atoms with Crippen LogP contribution in [0.5, 0.6) is 0 Å². The Morgan fingerprint density at radius 2 is 1.06 bits per heavy atom. The summed E-state index contributed by atoms with van der Waals surface area (Å²) in [6.45, 7) is 0. The van der Waals surface area contributed by atoms with Gasteiger partial charge in [-0.1, -0.05) is 36.4 Å². The molecule has 0 aromatic heterocycles. The van der Waals surface area contributed by atoms with E-state index in [1.165, 1.54) is 18.2 Å². The van der Waals surface area contributed by atoms with E-state index in [1.54, 1.807) is 30.3 Å². The molecular weight excluding hydrogens is 416 g/mol. The van der Waals surface area contributed by atoms with Crippen molar-refractivity contribution in [2.75, 3.05) is 0 Å². The second kappa shape index (κ2) is 6.39. The van der Waals surface area contributed by atoms with E-state index in [4.69, 9.17) is 0 Å². The van der Waals surface area contributed by atoms with Crippen molar-refractivity contribution in [3.63, 3.8) is 0 Å². The number of aromatic carboxylic acids is 4. The molecule has 0 saturated heterocycles. The lowest BCUT2D eigenvalue weighted by atomic mass is 9.82. The van der Waals surface area contributed by atoms with Crippen LogP contribution in [0.4, 0.5) is 0 Å². The van der Waals surface area contributed by atoms with Gasteiger partial charge in [0.05, 0.1) is 22.3 Å². The Labute approximate surface area is 177 Å². The lowest BCUT2D eigenvalue weighted by Crippen LogP contribution is -2.16. The molecule has 0 radical (unpaired) electrons. The molecule has 5 aromatic carbocycles. The molecule has 8 heteroatoms. The van der Waals surface area contributed by atoms with E-state index in [2.05, 4.69) is 0 Å². The molecule has 0 atom stereocenters. The highest BCUT2D eigenvalue weighted by atomic mass is 16.4. The zero-order valence-electron chi connectivity index (χ0n) is 16.0. The lowest BCUT2D eigenvalue weighted by molar-refractivity contribution is 0.0635. The predicted molar refractivity (Wildman–Crippen MR) is 115 cm³/mol. The first-order valence-corrected chi connectivity index (χ1v) is 9.35. The molecule has 5 aromatic rings. The van der Waals surface area contributed by atoms with Gasteiger partial charge in [0.2, 0.25) is 0 Å². The van der Waals surface area contributed by atoms with Crippen LogP contribution in [0.3, 0.4) is 0 Å². The Morgan fingerprint density at radius 3 is 1.66 bits per heavy atom. The van der Waals surface area contributed by atoms with Crippen molar-refractivity contribution in [2.45, 2.75) is 0 Å². The quantitative estimate of drug-likeness (QED) is 0.241. The van der Waals surface area contributed by atoms with Crippen molar-refractivity contribution in [2.24, 2.45) is 0 Å². The molecule has 8 nitrogen and oxygen atoms in total. The van der Waals surface area contributed by atoms with Crippen molar-refractivity contribution in [3.05, 3.63) is 70.8 Å². The van der Waals surface area contributed by atoms with Crippen LogP contribution in [-0.4, -0.2) is 44.3 Å². The maximum absolute atomic E-state index is 12.3. The summed E-state index contributed by atoms with van der Waals surface area (Å²) in [4.78, 5) is 48.3. The maximum Gasteiger partial charge on any atom is 0.337 e. The van der Waals surface area contributed by atoms with Crippen LogP contribution in [0, 0.1) is 0 Å². The number of rotatable bonds is 4. The number of hydrogen-bond donors (Lipinski definition) is 4. The number of fused-ring (bicyclic) bond motifs is 2. The van der Waals surface area contributed by atoms with Crippen LogP contribution in [-0.2, 0) is 0 Å². The summed E-state index contributed by atoms with van der Waals surface area (Å²) in [7, 11) is 0. The first-order chi connectivity index (χ1) is 15.2. The molecule has 0 heterocycles. The molecule has 0 aliphatic carbocycles. The van der Waals surface area contributed by atoms with Crippen LogP contribution >= 0.6 is 0 Å². The molecule has 0 amide bonds. The molecule has 0 aliphatic rings. The second-order valence-electron chi connectivity index (χ2n) is 7.38. The van der Waals surface area contributed by atoms with Crippen LogP contribution in [0.25, 0.3) is 43.1 Å². The fraction of sp³-hybridized carbons (Fsp3) is 0. The van der Waals surface area contributed by atoms with Gasteiger partial charge < -0.3 is 20.4 Å². The van der Waals surface area contributed by atoms with E-state index in [-0.39, 0.29) is 27.1 Å². The third kappa shape index (κ3) is 2.37. The van der Waals surface area contributed by atoms with Crippen molar-refractivity contribution in [1.82, 2.24) is 0 Å². The molecule has 0 spiro atoms. The average Bonchev–Trinajstić information content (AvgIpc) is 2.75. The molecule has 0 fully saturated rings. The van der Waals surface area contributed by atoms with Gasteiger partial charge in [-0.3, -0.25) is 0 Å². The zero-order chi connectivity index (χ0) is 22.9. The third-order valence-electron chi connectivity index (χ3n) is 5.76. The maximum atomic E-state index is 12.3. The van der Waals surface area contributed by atoms with Crippen molar-refractivity contribution < 1.29 is 39.6 Å². The highest BCUT2D eigenvalue weighted by molar-refractivity contribution is 6.39. The minimum absolute atomic E-state index is 0.00250. The van der Waals surface area contributed by atoms with E-state index in [9.17, 15) is 39.6 Å². The average molecular weight is 428 g/mol. The Morgan fingerprint density at radius 1 is 0.500 bits per heavy atom. The zero-order valence-corrected chi connectivity index (χ0v) is 16.0. The largest absolute Gasteiger partial charge is 0.478 e. The van der Waals surface area contributed by atoms with Gasteiger partial charge in [0.15, 0.2) is 0 Å². The molecule has 0 bridgehead atoms. The number of carbonyl (C=O) groups is 4. The number of carboxylic acid groups (broad SMARTS) is 4. The molecule has 0 aliphatic heterocycles. The monoisotopic (exact) mass is 428 g/mol. The van der Waals surface area contributed by atoms with Crippen LogP contribution in [0.2, 0.25) is 0 Å². The normalized spacial score (nSPS) is 11.5. The van der Waals surface area contributed by atoms with E-state index < -0.39 is 40.6 Å². The van der Waals surface area contributed by atoms with Crippen LogP contribution < -0.4 is 0 Å². The van der Waals surface area contributed by atoms with Gasteiger partial charge in [-0.15, -0.1) is 0 Å². The van der Waals surface area contributed by atoms with Crippen LogP contribution in [0.15, 0.2) is 48.5 Å². The molecule has 0 unspecified atom stereocenters. The minimum atomic E-state index is -1.70. The number of carboxylic acids is 4. The molecule has 5 rings (SSSR count). The number of hydrogen-bond acceptors (Lipinski definition) is 4. The summed E-state index contributed by atoms with van der Waals surface area (Å²) in [6.07, 6.45) is 0. The van der Waals surface area contributed by atoms with Gasteiger partial charge in [-0.25, -0.2) is 19.2 Å². The second-order valence-corrected chi connectivity index (χ2v) is 7.38. The standard InChI is InChI=1S/C24H12O8/c25-21(26)10-7-9-3-1-4-11-12-5-2-6-13-16(12)17(14(8-10)15(9)11)19(23(29)30)20(24(31)32)18(13)22(27)28/h1-8H,(H,25,26)(H,27,28)(H,29,30)(H,31,32). The van der Waals surface area contributed by atoms with Gasteiger partial charge in [0.25, 0.3) is 0 Å². The summed E-state index contributed by atoms with van der Waals surface area (Å²) in [6, 6.07) is 12.6. The minimum Gasteiger partial charge on any atom is -0.478 e. The van der Waals surface area contributed by atoms with Gasteiger partial charge in [0, 0.05) is 5.39 Å². The molecular formula is C24H12O8. The van der Waals surface area contributed by atoms with Gasteiger partial charge in [-0.2, -0.15) is 0 Å². The Balaban J connectivity index is 2.28. The van der Waals surface area contributed by atoms with Crippen LogP contribution in [0.1, 0.15) is 41.4 Å². The third-order valence-corrected chi connectivity index (χ3v) is 5.76. The molecule has 4 N–H and O–H groups in total. The Bertz CT molecular complexity index is 1680. The SMILES string of the molecule is O=C(O)c1cc2cccc3c4cccc5c(C(=O)O)c(C(=O)O)c(C(=O)O)c(c(c1)c23)c54.